The van der Waals surface area contributed by atoms with Crippen molar-refractivity contribution in [1.29, 1.82) is 0 Å². The van der Waals surface area contributed by atoms with E-state index in [9.17, 15) is 22.8 Å². The van der Waals surface area contributed by atoms with E-state index in [1.807, 2.05) is 24.9 Å². The van der Waals surface area contributed by atoms with Crippen molar-refractivity contribution in [2.45, 2.75) is 70.6 Å². The van der Waals surface area contributed by atoms with Crippen LogP contribution in [0.25, 0.3) is 0 Å². The standard InChI is InChI=1S/C25H32F3N5O2/c1-3-5-21-24(2,23(35)31-13-7-18(8-14-31)32-15-11-30-17-32)9-4-12-33(21)22(34)19-16-29-10-6-20(19)25(26,27)28/h6,10-11,15-18,21H,3-5,7-9,12-14H2,1-2H3/t21-,24-/m1/s1. The summed E-state index contributed by atoms with van der Waals surface area (Å²) in [7, 11) is 0. The summed E-state index contributed by atoms with van der Waals surface area (Å²) in [6.45, 7) is 5.37. The Hall–Kier alpha value is -2.91. The number of rotatable bonds is 5. The maximum Gasteiger partial charge on any atom is 0.417 e. The highest BCUT2D eigenvalue weighted by molar-refractivity contribution is 5.96. The number of piperidine rings is 2. The van der Waals surface area contributed by atoms with Crippen LogP contribution in [0.3, 0.4) is 0 Å². The van der Waals surface area contributed by atoms with Gasteiger partial charge in [-0.15, -0.1) is 0 Å². The van der Waals surface area contributed by atoms with Crippen molar-refractivity contribution in [3.05, 3.63) is 48.3 Å². The second-order valence-electron chi connectivity index (χ2n) is 9.78. The van der Waals surface area contributed by atoms with E-state index in [1.165, 1.54) is 4.90 Å². The predicted molar refractivity (Wildman–Crippen MR) is 123 cm³/mol. The molecule has 2 aliphatic heterocycles. The molecule has 2 saturated heterocycles. The fraction of sp³-hybridized carbons (Fsp3) is 0.600. The molecule has 0 aromatic carbocycles. The van der Waals surface area contributed by atoms with E-state index in [4.69, 9.17) is 0 Å². The Balaban J connectivity index is 1.56. The van der Waals surface area contributed by atoms with E-state index in [-0.39, 0.29) is 11.9 Å². The van der Waals surface area contributed by atoms with Gasteiger partial charge in [0.1, 0.15) is 0 Å². The molecule has 2 atom stereocenters. The SMILES string of the molecule is CCC[C@H]1N(C(=O)c2cnccc2C(F)(F)F)CCC[C@@]1(C)C(=O)N1CCC(n2ccnc2)CC1. The van der Waals surface area contributed by atoms with E-state index < -0.39 is 34.7 Å². The van der Waals surface area contributed by atoms with Gasteiger partial charge in [0.2, 0.25) is 5.91 Å². The fourth-order valence-corrected chi connectivity index (χ4v) is 5.70. The van der Waals surface area contributed by atoms with Crippen molar-refractivity contribution in [3.63, 3.8) is 0 Å². The number of amides is 2. The number of nitrogens with zero attached hydrogens (tertiary/aromatic N) is 5. The second-order valence-corrected chi connectivity index (χ2v) is 9.78. The number of halogens is 3. The van der Waals surface area contributed by atoms with Crippen molar-refractivity contribution in [2.75, 3.05) is 19.6 Å². The first-order chi connectivity index (χ1) is 16.7. The maximum atomic E-state index is 13.9. The molecule has 10 heteroatoms. The quantitative estimate of drug-likeness (QED) is 0.614. The molecule has 4 rings (SSSR count). The highest BCUT2D eigenvalue weighted by Crippen LogP contribution is 2.42. The lowest BCUT2D eigenvalue weighted by Crippen LogP contribution is -2.60. The summed E-state index contributed by atoms with van der Waals surface area (Å²) in [5.74, 6) is -0.721. The molecule has 35 heavy (non-hydrogen) atoms. The number of hydrogen-bond acceptors (Lipinski definition) is 4. The Morgan fingerprint density at radius 1 is 1.14 bits per heavy atom. The molecule has 190 valence electrons. The molecule has 2 amide bonds. The summed E-state index contributed by atoms with van der Waals surface area (Å²) >= 11 is 0. The first kappa shape index (κ1) is 25.2. The third kappa shape index (κ3) is 4.92. The zero-order chi connectivity index (χ0) is 25.2. The van der Waals surface area contributed by atoms with E-state index in [2.05, 4.69) is 14.5 Å². The number of aromatic nitrogens is 3. The molecule has 2 fully saturated rings. The maximum absolute atomic E-state index is 13.9. The number of carbonyl (C=O) groups excluding carboxylic acids is 2. The molecule has 2 aromatic rings. The van der Waals surface area contributed by atoms with Gasteiger partial charge in [0.25, 0.3) is 5.91 Å². The van der Waals surface area contributed by atoms with E-state index in [1.54, 1.807) is 12.5 Å². The van der Waals surface area contributed by atoms with Crippen LogP contribution in [0.5, 0.6) is 0 Å². The van der Waals surface area contributed by atoms with Crippen LogP contribution in [0.2, 0.25) is 0 Å². The highest BCUT2D eigenvalue weighted by atomic mass is 19.4. The van der Waals surface area contributed by atoms with Crippen LogP contribution in [-0.2, 0) is 11.0 Å². The third-order valence-corrected chi connectivity index (χ3v) is 7.57. The molecule has 0 N–H and O–H groups in total. The third-order valence-electron chi connectivity index (χ3n) is 7.57. The van der Waals surface area contributed by atoms with Crippen LogP contribution in [0, 0.1) is 5.41 Å². The van der Waals surface area contributed by atoms with Gasteiger partial charge >= 0.3 is 6.18 Å². The molecule has 0 spiro atoms. The van der Waals surface area contributed by atoms with Gasteiger partial charge in [0.15, 0.2) is 0 Å². The molecule has 2 aliphatic rings. The van der Waals surface area contributed by atoms with Gasteiger partial charge in [-0.2, -0.15) is 13.2 Å². The number of hydrogen-bond donors (Lipinski definition) is 0. The Kier molecular flexibility index (Phi) is 7.19. The lowest BCUT2D eigenvalue weighted by molar-refractivity contribution is -0.149. The average Bonchev–Trinajstić information content (AvgIpc) is 3.39. The minimum atomic E-state index is -4.66. The molecule has 7 nitrogen and oxygen atoms in total. The number of pyridine rings is 1. The van der Waals surface area contributed by atoms with Gasteiger partial charge in [-0.3, -0.25) is 14.6 Å². The summed E-state index contributed by atoms with van der Waals surface area (Å²) < 4.78 is 42.9. The Bertz CT molecular complexity index is 1030. The van der Waals surface area contributed by atoms with Gasteiger partial charge < -0.3 is 14.4 Å². The Morgan fingerprint density at radius 3 is 2.51 bits per heavy atom. The Labute approximate surface area is 203 Å². The molecular formula is C25H32F3N5O2. The zero-order valence-electron chi connectivity index (χ0n) is 20.2. The minimum Gasteiger partial charge on any atom is -0.342 e. The first-order valence-electron chi connectivity index (χ1n) is 12.3. The number of imidazole rings is 1. The Morgan fingerprint density at radius 2 is 1.89 bits per heavy atom. The molecule has 4 heterocycles. The van der Waals surface area contributed by atoms with Crippen molar-refractivity contribution in [3.8, 4) is 0 Å². The molecule has 2 aromatic heterocycles. The summed E-state index contributed by atoms with van der Waals surface area (Å²) in [6, 6.07) is 0.645. The zero-order valence-corrected chi connectivity index (χ0v) is 20.2. The molecule has 0 aliphatic carbocycles. The van der Waals surface area contributed by atoms with Gasteiger partial charge in [0, 0.05) is 56.5 Å². The largest absolute Gasteiger partial charge is 0.417 e. The van der Waals surface area contributed by atoms with Gasteiger partial charge in [-0.1, -0.05) is 13.3 Å². The fourth-order valence-electron chi connectivity index (χ4n) is 5.70. The summed E-state index contributed by atoms with van der Waals surface area (Å²) in [5.41, 5.74) is -2.31. The van der Waals surface area contributed by atoms with E-state index in [0.29, 0.717) is 45.3 Å². The van der Waals surface area contributed by atoms with Crippen LogP contribution in [0.4, 0.5) is 13.2 Å². The minimum absolute atomic E-state index is 0.0141. The van der Waals surface area contributed by atoms with Crippen LogP contribution in [-0.4, -0.2) is 61.8 Å². The van der Waals surface area contributed by atoms with Crippen LogP contribution < -0.4 is 0 Å². The van der Waals surface area contributed by atoms with Crippen molar-refractivity contribution in [1.82, 2.24) is 24.3 Å². The lowest BCUT2D eigenvalue weighted by atomic mass is 9.71. The number of alkyl halides is 3. The van der Waals surface area contributed by atoms with Crippen molar-refractivity contribution >= 4 is 11.8 Å². The van der Waals surface area contributed by atoms with Crippen LogP contribution in [0.1, 0.15) is 74.3 Å². The number of carbonyl (C=O) groups is 2. The summed E-state index contributed by atoms with van der Waals surface area (Å²) in [5, 5.41) is 0. The first-order valence-corrected chi connectivity index (χ1v) is 12.3. The summed E-state index contributed by atoms with van der Waals surface area (Å²) in [4.78, 5) is 38.6. The van der Waals surface area contributed by atoms with Gasteiger partial charge in [-0.05, 0) is 45.1 Å². The molecular weight excluding hydrogens is 459 g/mol. The normalized spacial score (nSPS) is 24.0. The average molecular weight is 492 g/mol. The lowest BCUT2D eigenvalue weighted by Gasteiger charge is -2.49. The predicted octanol–water partition coefficient (Wildman–Crippen LogP) is 4.57. The van der Waals surface area contributed by atoms with Crippen LogP contribution in [0.15, 0.2) is 37.2 Å². The molecule has 0 saturated carbocycles. The topological polar surface area (TPSA) is 71.3 Å². The molecule has 0 bridgehead atoms. The highest BCUT2D eigenvalue weighted by Gasteiger charge is 2.50. The van der Waals surface area contributed by atoms with Crippen molar-refractivity contribution in [2.24, 2.45) is 5.41 Å². The van der Waals surface area contributed by atoms with Gasteiger partial charge in [-0.25, -0.2) is 4.98 Å². The molecule has 0 unspecified atom stereocenters. The second kappa shape index (κ2) is 9.99. The van der Waals surface area contributed by atoms with Crippen LogP contribution >= 0.6 is 0 Å². The van der Waals surface area contributed by atoms with Crippen molar-refractivity contribution < 1.29 is 22.8 Å². The van der Waals surface area contributed by atoms with E-state index in [0.717, 1.165) is 31.3 Å². The number of likely N-dealkylation sites (tertiary alicyclic amines) is 2. The van der Waals surface area contributed by atoms with E-state index >= 15 is 0 Å². The monoisotopic (exact) mass is 491 g/mol. The van der Waals surface area contributed by atoms with Gasteiger partial charge in [0.05, 0.1) is 22.9 Å². The smallest absolute Gasteiger partial charge is 0.342 e. The molecule has 0 radical (unpaired) electrons. The summed E-state index contributed by atoms with van der Waals surface area (Å²) in [6.07, 6.45) is 6.86.